The molecule has 1 aromatic carbocycles. The van der Waals surface area contributed by atoms with Gasteiger partial charge in [-0.05, 0) is 50.7 Å². The zero-order valence-electron chi connectivity index (χ0n) is 17.1. The van der Waals surface area contributed by atoms with Gasteiger partial charge in [0.15, 0.2) is 11.9 Å². The van der Waals surface area contributed by atoms with Crippen molar-refractivity contribution in [3.63, 3.8) is 0 Å². The van der Waals surface area contributed by atoms with Crippen molar-refractivity contribution < 1.29 is 24.0 Å². The minimum absolute atomic E-state index is 0.00932. The first-order valence-electron chi connectivity index (χ1n) is 9.84. The molecule has 0 saturated heterocycles. The largest absolute Gasteiger partial charge is 0.474 e. The molecule has 0 saturated carbocycles. The van der Waals surface area contributed by atoms with Crippen molar-refractivity contribution in [2.75, 3.05) is 11.9 Å². The van der Waals surface area contributed by atoms with Gasteiger partial charge in [-0.3, -0.25) is 14.9 Å². The lowest BCUT2D eigenvalue weighted by atomic mass is 9.88. The number of anilines is 1. The molecule has 1 amide bonds. The summed E-state index contributed by atoms with van der Waals surface area (Å²) in [5.41, 5.74) is 1.14. The van der Waals surface area contributed by atoms with Crippen molar-refractivity contribution in [3.8, 4) is 5.75 Å². The minimum Gasteiger partial charge on any atom is -0.474 e. The van der Waals surface area contributed by atoms with Crippen molar-refractivity contribution in [1.82, 2.24) is 0 Å². The van der Waals surface area contributed by atoms with Crippen molar-refractivity contribution in [1.29, 1.82) is 0 Å². The van der Waals surface area contributed by atoms with Gasteiger partial charge in [0.25, 0.3) is 5.91 Å². The van der Waals surface area contributed by atoms with E-state index in [4.69, 9.17) is 9.47 Å². The molecule has 0 unspecified atom stereocenters. The highest BCUT2D eigenvalue weighted by Gasteiger charge is 2.30. The maximum absolute atomic E-state index is 12.8. The molecule has 0 spiro atoms. The number of rotatable bonds is 7. The Morgan fingerprint density at radius 2 is 2.10 bits per heavy atom. The van der Waals surface area contributed by atoms with E-state index in [-0.39, 0.29) is 18.0 Å². The Morgan fingerprint density at radius 1 is 1.37 bits per heavy atom. The zero-order chi connectivity index (χ0) is 21.8. The SMILES string of the molecule is CCOC(=O)c1c(NC(=O)[C@H](C)Oc2ccccc2[N+](=O)[O-])sc2c1CC[C@@H](C)C2. The number of benzene rings is 1. The van der Waals surface area contributed by atoms with Gasteiger partial charge < -0.3 is 14.8 Å². The normalized spacial score (nSPS) is 16.3. The fourth-order valence-corrected chi connectivity index (χ4v) is 4.82. The first-order valence-corrected chi connectivity index (χ1v) is 10.7. The average Bonchev–Trinajstić information content (AvgIpc) is 3.05. The summed E-state index contributed by atoms with van der Waals surface area (Å²) in [5.74, 6) is -0.428. The van der Waals surface area contributed by atoms with Crippen molar-refractivity contribution >= 4 is 33.9 Å². The number of amides is 1. The second-order valence-corrected chi connectivity index (χ2v) is 8.36. The molecule has 2 aromatic rings. The zero-order valence-corrected chi connectivity index (χ0v) is 17.9. The highest BCUT2D eigenvalue weighted by Crippen LogP contribution is 2.40. The fourth-order valence-electron chi connectivity index (χ4n) is 3.42. The summed E-state index contributed by atoms with van der Waals surface area (Å²) in [6.07, 6.45) is 1.59. The van der Waals surface area contributed by atoms with Crippen LogP contribution in [0.5, 0.6) is 5.75 Å². The molecular formula is C21H24N2O6S. The molecule has 0 aliphatic heterocycles. The van der Waals surface area contributed by atoms with E-state index >= 15 is 0 Å². The summed E-state index contributed by atoms with van der Waals surface area (Å²) in [6.45, 7) is 5.64. The number of nitro benzene ring substituents is 1. The summed E-state index contributed by atoms with van der Waals surface area (Å²) < 4.78 is 10.8. The number of esters is 1. The second kappa shape index (κ2) is 9.25. The number of hydrogen-bond acceptors (Lipinski definition) is 7. The Bertz CT molecular complexity index is 970. The smallest absolute Gasteiger partial charge is 0.341 e. The van der Waals surface area contributed by atoms with Gasteiger partial charge in [0.1, 0.15) is 5.00 Å². The van der Waals surface area contributed by atoms with E-state index in [1.807, 2.05) is 0 Å². The Hall–Kier alpha value is -2.94. The molecule has 1 aliphatic rings. The second-order valence-electron chi connectivity index (χ2n) is 7.25. The first kappa shape index (κ1) is 21.8. The first-order chi connectivity index (χ1) is 14.3. The number of nitro groups is 1. The molecule has 0 radical (unpaired) electrons. The third-order valence-electron chi connectivity index (χ3n) is 4.96. The summed E-state index contributed by atoms with van der Waals surface area (Å²) in [5, 5.41) is 14.4. The van der Waals surface area contributed by atoms with Crippen LogP contribution in [0, 0.1) is 16.0 Å². The molecule has 0 fully saturated rings. The summed E-state index contributed by atoms with van der Waals surface area (Å²) >= 11 is 1.38. The van der Waals surface area contributed by atoms with Crippen molar-refractivity contribution in [3.05, 3.63) is 50.4 Å². The van der Waals surface area contributed by atoms with Gasteiger partial charge in [-0.1, -0.05) is 19.1 Å². The monoisotopic (exact) mass is 432 g/mol. The van der Waals surface area contributed by atoms with E-state index < -0.39 is 22.9 Å². The predicted molar refractivity (Wildman–Crippen MR) is 113 cm³/mol. The van der Waals surface area contributed by atoms with Crippen LogP contribution < -0.4 is 10.1 Å². The molecule has 1 N–H and O–H groups in total. The fraction of sp³-hybridized carbons (Fsp3) is 0.429. The number of thiophene rings is 1. The Morgan fingerprint density at radius 3 is 2.80 bits per heavy atom. The van der Waals surface area contributed by atoms with E-state index in [1.54, 1.807) is 13.0 Å². The Labute approximate surface area is 178 Å². The average molecular weight is 432 g/mol. The van der Waals surface area contributed by atoms with Gasteiger partial charge in [0, 0.05) is 10.9 Å². The van der Waals surface area contributed by atoms with Gasteiger partial charge in [-0.25, -0.2) is 4.79 Å². The van der Waals surface area contributed by atoms with Crippen LogP contribution in [0.25, 0.3) is 0 Å². The number of para-hydroxylation sites is 2. The van der Waals surface area contributed by atoms with Crippen LogP contribution in [-0.2, 0) is 22.4 Å². The number of carbonyl (C=O) groups is 2. The maximum atomic E-state index is 12.8. The van der Waals surface area contributed by atoms with Crippen LogP contribution in [0.15, 0.2) is 24.3 Å². The number of carbonyl (C=O) groups excluding carboxylic acids is 2. The number of ether oxygens (including phenoxy) is 2. The topological polar surface area (TPSA) is 108 Å². The molecule has 160 valence electrons. The van der Waals surface area contributed by atoms with Gasteiger partial charge in [0.2, 0.25) is 0 Å². The van der Waals surface area contributed by atoms with Crippen LogP contribution in [0.2, 0.25) is 0 Å². The summed E-state index contributed by atoms with van der Waals surface area (Å²) in [4.78, 5) is 37.0. The molecule has 0 bridgehead atoms. The van der Waals surface area contributed by atoms with E-state index in [0.29, 0.717) is 16.5 Å². The van der Waals surface area contributed by atoms with Crippen LogP contribution in [0.4, 0.5) is 10.7 Å². The quantitative estimate of drug-likeness (QED) is 0.396. The van der Waals surface area contributed by atoms with Crippen LogP contribution in [-0.4, -0.2) is 29.5 Å². The van der Waals surface area contributed by atoms with Crippen LogP contribution in [0.1, 0.15) is 48.0 Å². The molecular weight excluding hydrogens is 408 g/mol. The molecule has 2 atom stereocenters. The molecule has 1 aliphatic carbocycles. The maximum Gasteiger partial charge on any atom is 0.341 e. The molecule has 9 heteroatoms. The molecule has 30 heavy (non-hydrogen) atoms. The number of hydrogen-bond donors (Lipinski definition) is 1. The Balaban J connectivity index is 1.82. The standard InChI is InChI=1S/C21H24N2O6S/c1-4-28-21(25)18-14-10-9-12(2)11-17(14)30-20(18)22-19(24)13(3)29-16-8-6-5-7-15(16)23(26)27/h5-8,12-13H,4,9-11H2,1-3H3,(H,22,24)/t12-,13+/m1/s1. The third kappa shape index (κ3) is 4.62. The minimum atomic E-state index is -1.00. The molecule has 8 nitrogen and oxygen atoms in total. The van der Waals surface area contributed by atoms with E-state index in [0.717, 1.165) is 29.7 Å². The molecule has 1 heterocycles. The van der Waals surface area contributed by atoms with Crippen molar-refractivity contribution in [2.24, 2.45) is 5.92 Å². The highest BCUT2D eigenvalue weighted by atomic mass is 32.1. The van der Waals surface area contributed by atoms with E-state index in [1.165, 1.54) is 36.5 Å². The van der Waals surface area contributed by atoms with Crippen molar-refractivity contribution in [2.45, 2.75) is 46.1 Å². The lowest BCUT2D eigenvalue weighted by Gasteiger charge is -2.18. The molecule has 1 aromatic heterocycles. The molecule has 3 rings (SSSR count). The lowest BCUT2D eigenvalue weighted by Crippen LogP contribution is -2.30. The van der Waals surface area contributed by atoms with E-state index in [9.17, 15) is 19.7 Å². The predicted octanol–water partition coefficient (Wildman–Crippen LogP) is 4.36. The van der Waals surface area contributed by atoms with Crippen LogP contribution in [0.3, 0.4) is 0 Å². The third-order valence-corrected chi connectivity index (χ3v) is 6.13. The van der Waals surface area contributed by atoms with E-state index in [2.05, 4.69) is 12.2 Å². The highest BCUT2D eigenvalue weighted by molar-refractivity contribution is 7.17. The number of nitrogens with one attached hydrogen (secondary N) is 1. The summed E-state index contributed by atoms with van der Waals surface area (Å²) in [6, 6.07) is 5.88. The van der Waals surface area contributed by atoms with Gasteiger partial charge in [0.05, 0.1) is 17.1 Å². The summed E-state index contributed by atoms with van der Waals surface area (Å²) in [7, 11) is 0. The lowest BCUT2D eigenvalue weighted by molar-refractivity contribution is -0.386. The van der Waals surface area contributed by atoms with Gasteiger partial charge in [-0.15, -0.1) is 11.3 Å². The Kier molecular flexibility index (Phi) is 6.71. The number of fused-ring (bicyclic) bond motifs is 1. The number of nitrogens with zero attached hydrogens (tertiary/aromatic N) is 1. The van der Waals surface area contributed by atoms with Crippen LogP contribution >= 0.6 is 11.3 Å². The van der Waals surface area contributed by atoms with Gasteiger partial charge >= 0.3 is 11.7 Å². The van der Waals surface area contributed by atoms with Gasteiger partial charge in [-0.2, -0.15) is 0 Å².